The lowest BCUT2D eigenvalue weighted by Crippen LogP contribution is -2.55. The quantitative estimate of drug-likeness (QED) is 0.714. The molecule has 1 aliphatic carbocycles. The van der Waals surface area contributed by atoms with Crippen LogP contribution in [0.25, 0.3) is 0 Å². The average molecular weight is 298 g/mol. The summed E-state index contributed by atoms with van der Waals surface area (Å²) in [6.45, 7) is 6.89. The van der Waals surface area contributed by atoms with E-state index in [1.54, 1.807) is 7.11 Å². The second-order valence-electron chi connectivity index (χ2n) is 7.07. The number of hydrogen-bond acceptors (Lipinski definition) is 4. The van der Waals surface area contributed by atoms with Crippen molar-refractivity contribution in [2.24, 2.45) is 5.92 Å². The van der Waals surface area contributed by atoms with Gasteiger partial charge in [0.25, 0.3) is 0 Å². The van der Waals surface area contributed by atoms with Crippen molar-refractivity contribution < 1.29 is 14.6 Å². The molecule has 1 heterocycles. The number of carboxylic acid groups (broad SMARTS) is 1. The summed E-state index contributed by atoms with van der Waals surface area (Å²) in [6, 6.07) is 0.679. The molecule has 21 heavy (non-hydrogen) atoms. The van der Waals surface area contributed by atoms with Gasteiger partial charge in [0.05, 0.1) is 6.61 Å². The van der Waals surface area contributed by atoms with E-state index in [4.69, 9.17) is 4.74 Å². The van der Waals surface area contributed by atoms with Crippen LogP contribution in [0.4, 0.5) is 0 Å². The Bertz CT molecular complexity index is 357. The standard InChI is InChI=1S/C16H30N2O3/c1-12(18-8-4-5-13(10-18)11-21-3)9-16(2,15(19)20)17-14-6-7-14/h12-14,17H,4-11H2,1-3H3,(H,19,20). The number of hydrogen-bond donors (Lipinski definition) is 2. The molecule has 2 rings (SSSR count). The normalized spacial score (nSPS) is 28.0. The van der Waals surface area contributed by atoms with Crippen molar-refractivity contribution in [1.29, 1.82) is 0 Å². The van der Waals surface area contributed by atoms with Crippen molar-refractivity contribution in [3.05, 3.63) is 0 Å². The first-order valence-electron chi connectivity index (χ1n) is 8.18. The van der Waals surface area contributed by atoms with Crippen LogP contribution in [0.2, 0.25) is 0 Å². The second kappa shape index (κ2) is 7.07. The third-order valence-electron chi connectivity index (χ3n) is 4.85. The van der Waals surface area contributed by atoms with Gasteiger partial charge in [0, 0.05) is 25.7 Å². The van der Waals surface area contributed by atoms with Crippen molar-refractivity contribution in [2.75, 3.05) is 26.8 Å². The number of ether oxygens (including phenoxy) is 1. The maximum atomic E-state index is 11.7. The molecule has 0 aromatic heterocycles. The highest BCUT2D eigenvalue weighted by Gasteiger charge is 2.40. The molecule has 5 heteroatoms. The SMILES string of the molecule is COCC1CCCN(C(C)CC(C)(NC2CC2)C(=O)O)C1. The van der Waals surface area contributed by atoms with Crippen LogP contribution < -0.4 is 5.32 Å². The number of rotatable bonds is 8. The summed E-state index contributed by atoms with van der Waals surface area (Å²) < 4.78 is 5.28. The van der Waals surface area contributed by atoms with Gasteiger partial charge in [0.1, 0.15) is 5.54 Å². The minimum absolute atomic E-state index is 0.275. The van der Waals surface area contributed by atoms with Gasteiger partial charge in [-0.15, -0.1) is 0 Å². The predicted octanol–water partition coefficient (Wildman–Crippen LogP) is 1.72. The van der Waals surface area contributed by atoms with E-state index in [-0.39, 0.29) is 6.04 Å². The van der Waals surface area contributed by atoms with E-state index < -0.39 is 11.5 Å². The highest BCUT2D eigenvalue weighted by atomic mass is 16.5. The number of nitrogens with zero attached hydrogens (tertiary/aromatic N) is 1. The van der Waals surface area contributed by atoms with Crippen LogP contribution in [0.5, 0.6) is 0 Å². The molecule has 0 spiro atoms. The summed E-state index contributed by atoms with van der Waals surface area (Å²) in [5.74, 6) is -0.148. The molecule has 3 atom stereocenters. The summed E-state index contributed by atoms with van der Waals surface area (Å²) in [5.41, 5.74) is -0.811. The van der Waals surface area contributed by atoms with Crippen LogP contribution in [-0.2, 0) is 9.53 Å². The van der Waals surface area contributed by atoms with Crippen molar-refractivity contribution in [1.82, 2.24) is 10.2 Å². The van der Waals surface area contributed by atoms with Crippen LogP contribution in [0.3, 0.4) is 0 Å². The summed E-state index contributed by atoms with van der Waals surface area (Å²) in [4.78, 5) is 14.1. The molecule has 1 saturated carbocycles. The molecule has 2 N–H and O–H groups in total. The van der Waals surface area contributed by atoms with Gasteiger partial charge in [-0.05, 0) is 58.4 Å². The first kappa shape index (κ1) is 16.7. The van der Waals surface area contributed by atoms with Gasteiger partial charge in [-0.25, -0.2) is 0 Å². The molecule has 0 aromatic carbocycles. The maximum Gasteiger partial charge on any atom is 0.323 e. The van der Waals surface area contributed by atoms with Gasteiger partial charge in [-0.1, -0.05) is 0 Å². The topological polar surface area (TPSA) is 61.8 Å². The third kappa shape index (κ3) is 4.66. The van der Waals surface area contributed by atoms with Crippen molar-refractivity contribution in [2.45, 2.75) is 63.6 Å². The summed E-state index contributed by atoms with van der Waals surface area (Å²) in [6.07, 6.45) is 5.26. The highest BCUT2D eigenvalue weighted by Crippen LogP contribution is 2.27. The van der Waals surface area contributed by atoms with Crippen LogP contribution in [-0.4, -0.2) is 60.4 Å². The van der Waals surface area contributed by atoms with Crippen LogP contribution in [0, 0.1) is 5.92 Å². The molecule has 2 aliphatic rings. The summed E-state index contributed by atoms with van der Waals surface area (Å²) in [7, 11) is 1.75. The van der Waals surface area contributed by atoms with Crippen molar-refractivity contribution >= 4 is 5.97 Å². The fourth-order valence-electron chi connectivity index (χ4n) is 3.48. The lowest BCUT2D eigenvalue weighted by atomic mass is 9.90. The molecule has 0 amide bonds. The molecule has 2 fully saturated rings. The van der Waals surface area contributed by atoms with Gasteiger partial charge in [0.15, 0.2) is 0 Å². The monoisotopic (exact) mass is 298 g/mol. The number of piperidine rings is 1. The molecule has 5 nitrogen and oxygen atoms in total. The van der Waals surface area contributed by atoms with Gasteiger partial charge < -0.3 is 14.7 Å². The lowest BCUT2D eigenvalue weighted by Gasteiger charge is -2.39. The van der Waals surface area contributed by atoms with Gasteiger partial charge in [-0.2, -0.15) is 0 Å². The minimum Gasteiger partial charge on any atom is -0.480 e. The average Bonchev–Trinajstić information content (AvgIpc) is 3.23. The Balaban J connectivity index is 1.91. The number of likely N-dealkylation sites (tertiary alicyclic amines) is 1. The fraction of sp³-hybridized carbons (Fsp3) is 0.938. The molecule has 0 bridgehead atoms. The maximum absolute atomic E-state index is 11.7. The van der Waals surface area contributed by atoms with Gasteiger partial charge in [-0.3, -0.25) is 10.1 Å². The first-order valence-corrected chi connectivity index (χ1v) is 8.18. The Kier molecular flexibility index (Phi) is 5.63. The summed E-state index contributed by atoms with van der Waals surface area (Å²) >= 11 is 0. The first-order chi connectivity index (χ1) is 9.94. The zero-order chi connectivity index (χ0) is 15.5. The van der Waals surface area contributed by atoms with Crippen LogP contribution in [0.1, 0.15) is 46.0 Å². The van der Waals surface area contributed by atoms with Gasteiger partial charge in [0.2, 0.25) is 0 Å². The predicted molar refractivity (Wildman–Crippen MR) is 82.5 cm³/mol. The van der Waals surface area contributed by atoms with E-state index in [0.717, 1.165) is 32.5 Å². The summed E-state index contributed by atoms with van der Waals surface area (Å²) in [5, 5.41) is 12.9. The van der Waals surface area contributed by atoms with E-state index in [1.165, 1.54) is 12.8 Å². The van der Waals surface area contributed by atoms with Crippen molar-refractivity contribution in [3.63, 3.8) is 0 Å². The minimum atomic E-state index is -0.811. The number of aliphatic carboxylic acids is 1. The number of methoxy groups -OCH3 is 1. The zero-order valence-corrected chi connectivity index (χ0v) is 13.6. The van der Waals surface area contributed by atoms with Gasteiger partial charge >= 0.3 is 5.97 Å². The molecule has 3 unspecified atom stereocenters. The van der Waals surface area contributed by atoms with Crippen LogP contribution >= 0.6 is 0 Å². The second-order valence-corrected chi connectivity index (χ2v) is 7.07. The third-order valence-corrected chi connectivity index (χ3v) is 4.85. The number of carboxylic acids is 1. The van der Waals surface area contributed by atoms with E-state index in [0.29, 0.717) is 18.4 Å². The Hall–Kier alpha value is -0.650. The number of carbonyl (C=O) groups is 1. The molecule has 1 aliphatic heterocycles. The smallest absolute Gasteiger partial charge is 0.323 e. The van der Waals surface area contributed by atoms with E-state index >= 15 is 0 Å². The largest absolute Gasteiger partial charge is 0.480 e. The molecule has 122 valence electrons. The molecular formula is C16H30N2O3. The molecule has 0 radical (unpaired) electrons. The Morgan fingerprint density at radius 1 is 1.48 bits per heavy atom. The van der Waals surface area contributed by atoms with Crippen LogP contribution in [0.15, 0.2) is 0 Å². The van der Waals surface area contributed by atoms with E-state index in [2.05, 4.69) is 17.1 Å². The Morgan fingerprint density at radius 2 is 2.19 bits per heavy atom. The van der Waals surface area contributed by atoms with Crippen molar-refractivity contribution in [3.8, 4) is 0 Å². The highest BCUT2D eigenvalue weighted by molar-refractivity contribution is 5.78. The zero-order valence-electron chi connectivity index (χ0n) is 13.6. The van der Waals surface area contributed by atoms with E-state index in [1.807, 2.05) is 6.92 Å². The lowest BCUT2D eigenvalue weighted by molar-refractivity contribution is -0.145. The molecule has 0 aromatic rings. The Labute approximate surface area is 128 Å². The Morgan fingerprint density at radius 3 is 2.76 bits per heavy atom. The molecule has 1 saturated heterocycles. The fourth-order valence-corrected chi connectivity index (χ4v) is 3.48. The molecular weight excluding hydrogens is 268 g/mol. The number of nitrogens with one attached hydrogen (secondary N) is 1. The van der Waals surface area contributed by atoms with E-state index in [9.17, 15) is 9.90 Å².